The number of rotatable bonds is 7. The van der Waals surface area contributed by atoms with E-state index in [-0.39, 0.29) is 6.04 Å². The van der Waals surface area contributed by atoms with Crippen molar-refractivity contribution in [3.05, 3.63) is 42.0 Å². The highest BCUT2D eigenvalue weighted by molar-refractivity contribution is 5.87. The van der Waals surface area contributed by atoms with E-state index in [1.165, 1.54) is 16.3 Å². The summed E-state index contributed by atoms with van der Waals surface area (Å²) in [6.07, 6.45) is 0.811. The number of ether oxygens (including phenoxy) is 2. The van der Waals surface area contributed by atoms with Crippen LogP contribution >= 0.6 is 0 Å². The molecular weight excluding hydrogens is 250 g/mol. The number of benzene rings is 2. The molecule has 0 amide bonds. The van der Waals surface area contributed by atoms with Gasteiger partial charge in [0.2, 0.25) is 0 Å². The molecule has 2 rings (SSSR count). The summed E-state index contributed by atoms with van der Waals surface area (Å²) < 4.78 is 11.2. The average molecular weight is 273 g/mol. The third-order valence-electron chi connectivity index (χ3n) is 3.21. The normalized spacial score (nSPS) is 12.6. The van der Waals surface area contributed by atoms with Gasteiger partial charge in [0.05, 0.1) is 6.61 Å². The highest BCUT2D eigenvalue weighted by Gasteiger charge is 2.10. The summed E-state index contributed by atoms with van der Waals surface area (Å²) in [5, 5.41) is 2.44. The molecule has 0 aliphatic rings. The fourth-order valence-corrected chi connectivity index (χ4v) is 2.34. The first-order valence-corrected chi connectivity index (χ1v) is 7.19. The summed E-state index contributed by atoms with van der Waals surface area (Å²) in [5.41, 5.74) is 7.17. The monoisotopic (exact) mass is 273 g/mol. The predicted molar refractivity (Wildman–Crippen MR) is 83.3 cm³/mol. The van der Waals surface area contributed by atoms with Crippen LogP contribution in [0.5, 0.6) is 5.75 Å². The Morgan fingerprint density at radius 3 is 2.65 bits per heavy atom. The van der Waals surface area contributed by atoms with Crippen molar-refractivity contribution in [3.63, 3.8) is 0 Å². The van der Waals surface area contributed by atoms with Crippen LogP contribution in [0, 0.1) is 0 Å². The van der Waals surface area contributed by atoms with Gasteiger partial charge in [0.25, 0.3) is 0 Å². The molecule has 0 bridgehead atoms. The molecule has 2 N–H and O–H groups in total. The average Bonchev–Trinajstić information content (AvgIpc) is 2.45. The van der Waals surface area contributed by atoms with Crippen molar-refractivity contribution >= 4 is 10.8 Å². The largest absolute Gasteiger partial charge is 0.491 e. The van der Waals surface area contributed by atoms with Crippen molar-refractivity contribution in [3.8, 4) is 5.75 Å². The van der Waals surface area contributed by atoms with Crippen LogP contribution in [0.1, 0.15) is 19.4 Å². The molecular formula is C17H23NO2. The minimum absolute atomic E-state index is 0.107. The minimum atomic E-state index is 0.107. The van der Waals surface area contributed by atoms with Gasteiger partial charge in [-0.2, -0.15) is 0 Å². The zero-order valence-electron chi connectivity index (χ0n) is 12.3. The van der Waals surface area contributed by atoms with E-state index in [4.69, 9.17) is 15.2 Å². The van der Waals surface area contributed by atoms with E-state index in [2.05, 4.69) is 24.3 Å². The van der Waals surface area contributed by atoms with Crippen molar-refractivity contribution in [2.24, 2.45) is 5.73 Å². The first-order chi connectivity index (χ1) is 9.72. The van der Waals surface area contributed by atoms with Gasteiger partial charge in [-0.15, -0.1) is 0 Å². The Bertz CT molecular complexity index is 552. The van der Waals surface area contributed by atoms with E-state index in [9.17, 15) is 0 Å². The Morgan fingerprint density at radius 2 is 1.90 bits per heavy atom. The van der Waals surface area contributed by atoms with Gasteiger partial charge >= 0.3 is 0 Å². The second-order valence-corrected chi connectivity index (χ2v) is 4.99. The van der Waals surface area contributed by atoms with Gasteiger partial charge in [0.15, 0.2) is 0 Å². The lowest BCUT2D eigenvalue weighted by Crippen LogP contribution is -2.19. The second-order valence-electron chi connectivity index (χ2n) is 4.99. The SMILES string of the molecule is CCOCCOc1ccc2ccccc2c1CC(C)N. The van der Waals surface area contributed by atoms with Crippen molar-refractivity contribution in [1.82, 2.24) is 0 Å². The molecule has 1 unspecified atom stereocenters. The van der Waals surface area contributed by atoms with Crippen LogP contribution < -0.4 is 10.5 Å². The smallest absolute Gasteiger partial charge is 0.123 e. The van der Waals surface area contributed by atoms with Crippen LogP contribution in [0.25, 0.3) is 10.8 Å². The Morgan fingerprint density at radius 1 is 1.10 bits per heavy atom. The minimum Gasteiger partial charge on any atom is -0.491 e. The Labute approximate surface area is 120 Å². The van der Waals surface area contributed by atoms with Crippen LogP contribution in [-0.2, 0) is 11.2 Å². The molecule has 3 heteroatoms. The van der Waals surface area contributed by atoms with Gasteiger partial charge < -0.3 is 15.2 Å². The molecule has 108 valence electrons. The van der Waals surface area contributed by atoms with E-state index in [0.29, 0.717) is 19.8 Å². The van der Waals surface area contributed by atoms with Gasteiger partial charge in [-0.1, -0.05) is 30.3 Å². The summed E-state index contributed by atoms with van der Waals surface area (Å²) in [7, 11) is 0. The number of fused-ring (bicyclic) bond motifs is 1. The number of hydrogen-bond donors (Lipinski definition) is 1. The quantitative estimate of drug-likeness (QED) is 0.788. The molecule has 2 aromatic carbocycles. The second kappa shape index (κ2) is 7.27. The lowest BCUT2D eigenvalue weighted by Gasteiger charge is -2.16. The molecule has 3 nitrogen and oxygen atoms in total. The zero-order valence-corrected chi connectivity index (χ0v) is 12.3. The maximum Gasteiger partial charge on any atom is 0.123 e. The van der Waals surface area contributed by atoms with Crippen molar-refractivity contribution in [2.75, 3.05) is 19.8 Å². The fraction of sp³-hybridized carbons (Fsp3) is 0.412. The highest BCUT2D eigenvalue weighted by Crippen LogP contribution is 2.29. The molecule has 0 aliphatic carbocycles. The van der Waals surface area contributed by atoms with E-state index in [1.807, 2.05) is 26.0 Å². The molecule has 0 heterocycles. The lowest BCUT2D eigenvalue weighted by molar-refractivity contribution is 0.110. The van der Waals surface area contributed by atoms with E-state index >= 15 is 0 Å². The molecule has 0 aromatic heterocycles. The molecule has 0 aliphatic heterocycles. The van der Waals surface area contributed by atoms with Gasteiger partial charge in [-0.05, 0) is 37.1 Å². The molecule has 0 saturated heterocycles. The van der Waals surface area contributed by atoms with Crippen molar-refractivity contribution in [1.29, 1.82) is 0 Å². The Kier molecular flexibility index (Phi) is 5.39. The van der Waals surface area contributed by atoms with Gasteiger partial charge in [0, 0.05) is 18.2 Å². The van der Waals surface area contributed by atoms with E-state index in [1.54, 1.807) is 0 Å². The van der Waals surface area contributed by atoms with E-state index in [0.717, 1.165) is 12.2 Å². The standard InChI is InChI=1S/C17H23NO2/c1-3-19-10-11-20-17-9-8-14-6-4-5-7-15(14)16(17)12-13(2)18/h4-9,13H,3,10-12,18H2,1-2H3. The molecule has 0 spiro atoms. The van der Waals surface area contributed by atoms with Gasteiger partial charge in [0.1, 0.15) is 12.4 Å². The Balaban J connectivity index is 2.27. The summed E-state index contributed by atoms with van der Waals surface area (Å²) in [5.74, 6) is 0.917. The molecule has 20 heavy (non-hydrogen) atoms. The first kappa shape index (κ1) is 14.8. The maximum atomic E-state index is 5.98. The van der Waals surface area contributed by atoms with Crippen molar-refractivity contribution in [2.45, 2.75) is 26.3 Å². The third kappa shape index (κ3) is 3.71. The van der Waals surface area contributed by atoms with Crippen LogP contribution in [-0.4, -0.2) is 25.9 Å². The van der Waals surface area contributed by atoms with Crippen molar-refractivity contribution < 1.29 is 9.47 Å². The van der Waals surface area contributed by atoms with Crippen LogP contribution in [0.2, 0.25) is 0 Å². The molecule has 2 aromatic rings. The first-order valence-electron chi connectivity index (χ1n) is 7.19. The summed E-state index contributed by atoms with van der Waals surface area (Å²) in [6.45, 7) is 5.90. The molecule has 0 fully saturated rings. The number of hydrogen-bond acceptors (Lipinski definition) is 3. The summed E-state index contributed by atoms with van der Waals surface area (Å²) in [4.78, 5) is 0. The topological polar surface area (TPSA) is 44.5 Å². The van der Waals surface area contributed by atoms with Gasteiger partial charge in [-0.3, -0.25) is 0 Å². The van der Waals surface area contributed by atoms with Gasteiger partial charge in [-0.25, -0.2) is 0 Å². The highest BCUT2D eigenvalue weighted by atomic mass is 16.5. The van der Waals surface area contributed by atoms with Crippen LogP contribution in [0.4, 0.5) is 0 Å². The Hall–Kier alpha value is -1.58. The van der Waals surface area contributed by atoms with Crippen LogP contribution in [0.3, 0.4) is 0 Å². The fourth-order valence-electron chi connectivity index (χ4n) is 2.34. The zero-order chi connectivity index (χ0) is 14.4. The lowest BCUT2D eigenvalue weighted by atomic mass is 9.98. The summed E-state index contributed by atoms with van der Waals surface area (Å²) >= 11 is 0. The van der Waals surface area contributed by atoms with Crippen LogP contribution in [0.15, 0.2) is 36.4 Å². The molecule has 0 radical (unpaired) electrons. The number of nitrogens with two attached hydrogens (primary N) is 1. The third-order valence-corrected chi connectivity index (χ3v) is 3.21. The molecule has 1 atom stereocenters. The summed E-state index contributed by atoms with van der Waals surface area (Å²) in [6, 6.07) is 12.6. The maximum absolute atomic E-state index is 5.98. The predicted octanol–water partition coefficient (Wildman–Crippen LogP) is 3.14. The van der Waals surface area contributed by atoms with E-state index < -0.39 is 0 Å². The molecule has 0 saturated carbocycles.